The fourth-order valence-corrected chi connectivity index (χ4v) is 0.790. The number of hydrogen-bond acceptors (Lipinski definition) is 1. The highest BCUT2D eigenvalue weighted by atomic mass is 16.1. The Morgan fingerprint density at radius 2 is 2.25 bits per heavy atom. The predicted octanol–water partition coefficient (Wildman–Crippen LogP) is 1.91. The highest BCUT2D eigenvalue weighted by Crippen LogP contribution is 2.12. The molecule has 0 saturated heterocycles. The molecule has 1 aliphatic carbocycles. The van der Waals surface area contributed by atoms with Gasteiger partial charge >= 0.3 is 0 Å². The van der Waals surface area contributed by atoms with Gasteiger partial charge in [-0.2, -0.15) is 0 Å². The smallest absolute Gasteiger partial charge is 0.132 e. The lowest BCUT2D eigenvalue weighted by Crippen LogP contribution is -1.91. The molecule has 0 aromatic heterocycles. The topological polar surface area (TPSA) is 17.1 Å². The normalized spacial score (nSPS) is 43.8. The van der Waals surface area contributed by atoms with Gasteiger partial charge in [0.25, 0.3) is 0 Å². The van der Waals surface area contributed by atoms with Crippen molar-refractivity contribution < 1.29 is 8.91 Å². The van der Waals surface area contributed by atoms with E-state index in [4.69, 9.17) is 4.11 Å². The first kappa shape index (κ1) is 3.00. The quantitative estimate of drug-likeness (QED) is 0.441. The molecule has 0 aromatic carbocycles. The Bertz CT molecular complexity index is 167. The van der Waals surface area contributed by atoms with E-state index in [9.17, 15) is 4.79 Å². The SMILES string of the molecule is [2H]C1CCCCC(=O)C1([2H])[2H]. The van der Waals surface area contributed by atoms with Gasteiger partial charge in [0.05, 0.1) is 0 Å². The molecule has 0 N–H and O–H groups in total. The Balaban J connectivity index is 2.76. The molecule has 1 unspecified atom stereocenters. The Labute approximate surface area is 54.3 Å². The largest absolute Gasteiger partial charge is 0.300 e. The molecule has 1 rings (SSSR count). The molecule has 0 aliphatic heterocycles. The fourth-order valence-electron chi connectivity index (χ4n) is 0.790. The molecule has 1 saturated carbocycles. The molecular weight excluding hydrogens is 100 g/mol. The summed E-state index contributed by atoms with van der Waals surface area (Å²) in [5, 5.41) is 0. The third kappa shape index (κ3) is 1.65. The Kier molecular flexibility index (Phi) is 1.07. The standard InChI is InChI=1S/C7H12O/c8-7-5-3-1-2-4-6-7/h1-6H2/i3D,5D2. The van der Waals surface area contributed by atoms with E-state index in [1.807, 2.05) is 0 Å². The van der Waals surface area contributed by atoms with E-state index in [0.717, 1.165) is 12.8 Å². The summed E-state index contributed by atoms with van der Waals surface area (Å²) >= 11 is 0. The number of rotatable bonds is 0. The molecule has 0 radical (unpaired) electrons. The average Bonchev–Trinajstić information content (AvgIpc) is 2.03. The van der Waals surface area contributed by atoms with Crippen LogP contribution in [0.3, 0.4) is 0 Å². The molecule has 46 valence electrons. The van der Waals surface area contributed by atoms with E-state index in [2.05, 4.69) is 0 Å². The van der Waals surface area contributed by atoms with Gasteiger partial charge in [-0.3, -0.25) is 4.79 Å². The average molecular weight is 115 g/mol. The van der Waals surface area contributed by atoms with Crippen LogP contribution in [-0.4, -0.2) is 5.78 Å². The second-order valence-corrected chi connectivity index (χ2v) is 2.02. The van der Waals surface area contributed by atoms with Crippen molar-refractivity contribution in [3.63, 3.8) is 0 Å². The molecule has 1 heteroatoms. The van der Waals surface area contributed by atoms with E-state index in [-0.39, 0.29) is 0 Å². The third-order valence-corrected chi connectivity index (χ3v) is 1.27. The van der Waals surface area contributed by atoms with Gasteiger partial charge in [0, 0.05) is 16.9 Å². The lowest BCUT2D eigenvalue weighted by Gasteiger charge is -1.87. The summed E-state index contributed by atoms with van der Waals surface area (Å²) < 4.78 is 22.0. The van der Waals surface area contributed by atoms with Crippen LogP contribution in [0.4, 0.5) is 0 Å². The van der Waals surface area contributed by atoms with Crippen molar-refractivity contribution in [3.8, 4) is 0 Å². The van der Waals surface area contributed by atoms with Gasteiger partial charge in [0.2, 0.25) is 0 Å². The highest BCUT2D eigenvalue weighted by Gasteiger charge is 2.04. The summed E-state index contributed by atoms with van der Waals surface area (Å²) in [5.74, 6) is -0.394. The van der Waals surface area contributed by atoms with Crippen molar-refractivity contribution >= 4 is 5.78 Å². The minimum absolute atomic E-state index is 0.308. The van der Waals surface area contributed by atoms with Crippen LogP contribution in [0.2, 0.25) is 0 Å². The van der Waals surface area contributed by atoms with Crippen LogP contribution in [0, 0.1) is 0 Å². The maximum absolute atomic E-state index is 11.1. The van der Waals surface area contributed by atoms with Crippen LogP contribution < -0.4 is 0 Å². The lowest BCUT2D eigenvalue weighted by molar-refractivity contribution is -0.118. The molecular formula is C7H12O. The number of carbonyl (C=O) groups excluding carboxylic acids is 1. The van der Waals surface area contributed by atoms with Crippen LogP contribution in [-0.2, 0) is 4.79 Å². The van der Waals surface area contributed by atoms with Crippen LogP contribution >= 0.6 is 0 Å². The van der Waals surface area contributed by atoms with Gasteiger partial charge in [-0.15, -0.1) is 0 Å². The third-order valence-electron chi connectivity index (χ3n) is 1.27. The summed E-state index contributed by atoms with van der Waals surface area (Å²) in [7, 11) is 0. The Morgan fingerprint density at radius 3 is 3.12 bits per heavy atom. The summed E-state index contributed by atoms with van der Waals surface area (Å²) in [6, 6.07) is 0. The van der Waals surface area contributed by atoms with E-state index < -0.39 is 18.6 Å². The fraction of sp³-hybridized carbons (Fsp3) is 0.857. The molecule has 8 heavy (non-hydrogen) atoms. The molecule has 1 nitrogen and oxygen atoms in total. The number of hydrogen-bond donors (Lipinski definition) is 0. The second-order valence-electron chi connectivity index (χ2n) is 2.02. The van der Waals surface area contributed by atoms with Crippen molar-refractivity contribution in [1.29, 1.82) is 0 Å². The zero-order valence-corrected chi connectivity index (χ0v) is 4.81. The van der Waals surface area contributed by atoms with Gasteiger partial charge in [0.1, 0.15) is 5.78 Å². The van der Waals surface area contributed by atoms with E-state index in [0.29, 0.717) is 12.8 Å². The zero-order chi connectivity index (χ0) is 8.48. The summed E-state index contributed by atoms with van der Waals surface area (Å²) in [5.41, 5.74) is 0. The van der Waals surface area contributed by atoms with Crippen molar-refractivity contribution in [2.75, 3.05) is 0 Å². The van der Waals surface area contributed by atoms with Crippen LogP contribution in [0.15, 0.2) is 0 Å². The first-order valence-electron chi connectivity index (χ1n) is 4.58. The Morgan fingerprint density at radius 1 is 1.38 bits per heavy atom. The summed E-state index contributed by atoms with van der Waals surface area (Å²) in [6.45, 7) is 0. The van der Waals surface area contributed by atoms with Gasteiger partial charge < -0.3 is 0 Å². The summed E-state index contributed by atoms with van der Waals surface area (Å²) in [6.07, 6.45) is -0.373. The van der Waals surface area contributed by atoms with Crippen LogP contribution in [0.5, 0.6) is 0 Å². The number of carbonyl (C=O) groups is 1. The second kappa shape index (κ2) is 2.85. The van der Waals surface area contributed by atoms with E-state index in [1.54, 1.807) is 0 Å². The van der Waals surface area contributed by atoms with E-state index >= 15 is 0 Å². The molecule has 1 aliphatic rings. The monoisotopic (exact) mass is 115 g/mol. The highest BCUT2D eigenvalue weighted by molar-refractivity contribution is 5.78. The first-order valence-corrected chi connectivity index (χ1v) is 3.00. The Hall–Kier alpha value is -0.330. The zero-order valence-electron chi connectivity index (χ0n) is 7.81. The first-order chi connectivity index (χ1) is 5.05. The maximum Gasteiger partial charge on any atom is 0.132 e. The molecule has 0 spiro atoms. The molecule has 0 aromatic rings. The van der Waals surface area contributed by atoms with Crippen molar-refractivity contribution in [2.24, 2.45) is 0 Å². The van der Waals surface area contributed by atoms with Crippen molar-refractivity contribution in [1.82, 2.24) is 0 Å². The molecule has 0 heterocycles. The predicted molar refractivity (Wildman–Crippen MR) is 32.7 cm³/mol. The van der Waals surface area contributed by atoms with Crippen LogP contribution in [0.1, 0.15) is 42.6 Å². The van der Waals surface area contributed by atoms with E-state index in [1.165, 1.54) is 0 Å². The minimum Gasteiger partial charge on any atom is -0.300 e. The van der Waals surface area contributed by atoms with Crippen LogP contribution in [0.25, 0.3) is 0 Å². The van der Waals surface area contributed by atoms with Gasteiger partial charge in [0.15, 0.2) is 0 Å². The molecule has 0 amide bonds. The van der Waals surface area contributed by atoms with Gasteiger partial charge in [-0.1, -0.05) is 12.8 Å². The summed E-state index contributed by atoms with van der Waals surface area (Å²) in [4.78, 5) is 11.1. The molecule has 1 atom stereocenters. The number of ketones is 1. The maximum atomic E-state index is 11.1. The number of Topliss-reactive ketones (excluding diaryl/α,β-unsaturated/α-hetero) is 1. The van der Waals surface area contributed by atoms with Gasteiger partial charge in [-0.25, -0.2) is 0 Å². The molecule has 0 bridgehead atoms. The molecule has 1 fully saturated rings. The lowest BCUT2D eigenvalue weighted by atomic mass is 10.2. The van der Waals surface area contributed by atoms with Gasteiger partial charge in [-0.05, 0) is 12.8 Å². The minimum atomic E-state index is -1.89. The van der Waals surface area contributed by atoms with Crippen molar-refractivity contribution in [3.05, 3.63) is 0 Å². The van der Waals surface area contributed by atoms with Crippen molar-refractivity contribution in [2.45, 2.75) is 38.5 Å².